The van der Waals surface area contributed by atoms with Crippen LogP contribution in [0.3, 0.4) is 0 Å². The number of halogens is 2. The molecule has 8 heteroatoms. The molecule has 0 aliphatic carbocycles. The van der Waals surface area contributed by atoms with E-state index >= 15 is 0 Å². The summed E-state index contributed by atoms with van der Waals surface area (Å²) in [5, 5.41) is 5.04. The lowest BCUT2D eigenvalue weighted by molar-refractivity contribution is -0.136. The van der Waals surface area contributed by atoms with E-state index in [1.807, 2.05) is 0 Å². The van der Waals surface area contributed by atoms with E-state index in [-0.39, 0.29) is 12.8 Å². The second-order valence-corrected chi connectivity index (χ2v) is 7.21. The van der Waals surface area contributed by atoms with Crippen LogP contribution < -0.4 is 9.64 Å². The normalized spacial score (nSPS) is 21.6. The number of imide groups is 1. The molecule has 27 heavy (non-hydrogen) atoms. The number of methoxy groups -OCH3 is 1. The zero-order valence-electron chi connectivity index (χ0n) is 14.2. The van der Waals surface area contributed by atoms with Crippen LogP contribution in [0.4, 0.5) is 5.69 Å². The minimum Gasteiger partial charge on any atom is -0.495 e. The fourth-order valence-corrected chi connectivity index (χ4v) is 3.57. The summed E-state index contributed by atoms with van der Waals surface area (Å²) in [5.41, 5.74) is 0.322. The summed E-state index contributed by atoms with van der Waals surface area (Å²) in [6.07, 6.45) is 0.0840. The molecule has 1 fully saturated rings. The highest BCUT2D eigenvalue weighted by atomic mass is 35.5. The van der Waals surface area contributed by atoms with Crippen LogP contribution in [-0.4, -0.2) is 30.2 Å². The fraction of sp³-hybridized carbons (Fsp3) is 0.211. The van der Waals surface area contributed by atoms with Gasteiger partial charge < -0.3 is 9.57 Å². The average Bonchev–Trinajstić information content (AvgIpc) is 3.17. The molecule has 1 saturated heterocycles. The van der Waals surface area contributed by atoms with Gasteiger partial charge in [0.15, 0.2) is 0 Å². The monoisotopic (exact) mass is 404 g/mol. The highest BCUT2D eigenvalue weighted by Crippen LogP contribution is 2.42. The van der Waals surface area contributed by atoms with Crippen molar-refractivity contribution < 1.29 is 19.2 Å². The molecule has 2 aliphatic heterocycles. The van der Waals surface area contributed by atoms with Crippen molar-refractivity contribution in [3.05, 3.63) is 58.1 Å². The van der Waals surface area contributed by atoms with E-state index in [4.69, 9.17) is 32.8 Å². The Morgan fingerprint density at radius 1 is 1.07 bits per heavy atom. The Hall–Kier alpha value is -2.57. The molecule has 4 rings (SSSR count). The summed E-state index contributed by atoms with van der Waals surface area (Å²) in [7, 11) is 1.46. The molecule has 0 bridgehead atoms. The predicted octanol–water partition coefficient (Wildman–Crippen LogP) is 3.83. The van der Waals surface area contributed by atoms with Crippen LogP contribution in [0, 0.1) is 0 Å². The van der Waals surface area contributed by atoms with Gasteiger partial charge in [-0.1, -0.05) is 40.5 Å². The number of oxime groups is 1. The van der Waals surface area contributed by atoms with E-state index in [1.165, 1.54) is 13.2 Å². The second-order valence-electron chi connectivity index (χ2n) is 6.33. The maximum Gasteiger partial charge on any atom is 0.281 e. The standard InChI is InChI=1S/C19H14Cl2N2O4/c1-26-16-7-6-13(21)8-15(16)23-17(24)10-19(18(23)25)9-14(22-27-19)11-2-4-12(20)5-3-11/h2-8H,9-10H2,1H3/t19-/m1/s1. The van der Waals surface area contributed by atoms with Crippen LogP contribution in [0.5, 0.6) is 5.75 Å². The smallest absolute Gasteiger partial charge is 0.281 e. The number of ether oxygens (including phenoxy) is 1. The molecule has 0 saturated carbocycles. The number of amides is 2. The molecule has 0 radical (unpaired) electrons. The quantitative estimate of drug-likeness (QED) is 0.728. The first-order valence-corrected chi connectivity index (χ1v) is 8.91. The lowest BCUT2D eigenvalue weighted by atomic mass is 9.92. The first kappa shape index (κ1) is 17.8. The van der Waals surface area contributed by atoms with E-state index in [0.29, 0.717) is 27.2 Å². The summed E-state index contributed by atoms with van der Waals surface area (Å²) in [6.45, 7) is 0. The van der Waals surface area contributed by atoms with Gasteiger partial charge in [0.1, 0.15) is 5.75 Å². The van der Waals surface area contributed by atoms with Crippen LogP contribution in [0.2, 0.25) is 10.0 Å². The zero-order valence-corrected chi connectivity index (χ0v) is 15.8. The van der Waals surface area contributed by atoms with Crippen molar-refractivity contribution in [2.24, 2.45) is 5.16 Å². The van der Waals surface area contributed by atoms with Crippen LogP contribution >= 0.6 is 23.2 Å². The molecule has 2 aromatic carbocycles. The molecule has 2 amide bonds. The van der Waals surface area contributed by atoms with Gasteiger partial charge in [-0.2, -0.15) is 0 Å². The number of hydrogen-bond donors (Lipinski definition) is 0. The molecule has 1 spiro atoms. The van der Waals surface area contributed by atoms with Crippen molar-refractivity contribution in [2.45, 2.75) is 18.4 Å². The summed E-state index contributed by atoms with van der Waals surface area (Å²) < 4.78 is 5.28. The Morgan fingerprint density at radius 2 is 1.78 bits per heavy atom. The molecule has 2 aliphatic rings. The van der Waals surface area contributed by atoms with Gasteiger partial charge in [0, 0.05) is 16.5 Å². The molecule has 0 unspecified atom stereocenters. The maximum atomic E-state index is 13.1. The van der Waals surface area contributed by atoms with Crippen LogP contribution in [0.25, 0.3) is 0 Å². The summed E-state index contributed by atoms with van der Waals surface area (Å²) in [6, 6.07) is 11.8. The van der Waals surface area contributed by atoms with Crippen molar-refractivity contribution in [3.63, 3.8) is 0 Å². The summed E-state index contributed by atoms with van der Waals surface area (Å²) >= 11 is 12.0. The lowest BCUT2D eigenvalue weighted by Crippen LogP contribution is -2.41. The first-order valence-electron chi connectivity index (χ1n) is 8.15. The van der Waals surface area contributed by atoms with Gasteiger partial charge >= 0.3 is 0 Å². The number of anilines is 1. The molecule has 2 aromatic rings. The maximum absolute atomic E-state index is 13.1. The largest absolute Gasteiger partial charge is 0.495 e. The number of nitrogens with zero attached hydrogens (tertiary/aromatic N) is 2. The highest BCUT2D eigenvalue weighted by Gasteiger charge is 2.58. The fourth-order valence-electron chi connectivity index (χ4n) is 3.28. The highest BCUT2D eigenvalue weighted by molar-refractivity contribution is 6.32. The van der Waals surface area contributed by atoms with Crippen molar-refractivity contribution >= 4 is 46.4 Å². The zero-order chi connectivity index (χ0) is 19.2. The van der Waals surface area contributed by atoms with Gasteiger partial charge in [-0.3, -0.25) is 9.59 Å². The third kappa shape index (κ3) is 2.95. The van der Waals surface area contributed by atoms with Gasteiger partial charge in [-0.25, -0.2) is 4.90 Å². The second kappa shape index (κ2) is 6.55. The number of carbonyl (C=O) groups is 2. The molecule has 0 N–H and O–H groups in total. The summed E-state index contributed by atoms with van der Waals surface area (Å²) in [5.74, 6) is -0.510. The van der Waals surface area contributed by atoms with Crippen LogP contribution in [-0.2, 0) is 14.4 Å². The number of carbonyl (C=O) groups excluding carboxylic acids is 2. The van der Waals surface area contributed by atoms with Crippen molar-refractivity contribution in [2.75, 3.05) is 12.0 Å². The SMILES string of the molecule is COc1ccc(Cl)cc1N1C(=O)C[C@]2(CC(c3ccc(Cl)cc3)=NO2)C1=O. The van der Waals surface area contributed by atoms with E-state index < -0.39 is 17.4 Å². The van der Waals surface area contributed by atoms with Gasteiger partial charge in [0.05, 0.1) is 24.9 Å². The number of hydrogen-bond acceptors (Lipinski definition) is 5. The van der Waals surface area contributed by atoms with Gasteiger partial charge in [0.2, 0.25) is 11.5 Å². The third-order valence-corrected chi connectivity index (χ3v) is 5.11. The first-order chi connectivity index (χ1) is 12.9. The minimum absolute atomic E-state index is 0.109. The Bertz CT molecular complexity index is 974. The molecule has 6 nitrogen and oxygen atoms in total. The Kier molecular flexibility index (Phi) is 4.32. The minimum atomic E-state index is -1.35. The van der Waals surface area contributed by atoms with E-state index in [2.05, 4.69) is 5.16 Å². The molecule has 0 aromatic heterocycles. The van der Waals surface area contributed by atoms with E-state index in [1.54, 1.807) is 36.4 Å². The van der Waals surface area contributed by atoms with Crippen LogP contribution in [0.15, 0.2) is 47.6 Å². The molecular formula is C19H14Cl2N2O4. The molecule has 2 heterocycles. The Labute approximate surface area is 165 Å². The summed E-state index contributed by atoms with van der Waals surface area (Å²) in [4.78, 5) is 32.4. The van der Waals surface area contributed by atoms with Gasteiger partial charge in [-0.15, -0.1) is 0 Å². The predicted molar refractivity (Wildman–Crippen MR) is 102 cm³/mol. The topological polar surface area (TPSA) is 68.2 Å². The lowest BCUT2D eigenvalue weighted by Gasteiger charge is -2.21. The number of rotatable bonds is 3. The van der Waals surface area contributed by atoms with Crippen molar-refractivity contribution in [1.82, 2.24) is 0 Å². The van der Waals surface area contributed by atoms with E-state index in [9.17, 15) is 9.59 Å². The molecule has 1 atom stereocenters. The van der Waals surface area contributed by atoms with Gasteiger partial charge in [0.25, 0.3) is 5.91 Å². The molecular weight excluding hydrogens is 391 g/mol. The Balaban J connectivity index is 1.65. The Morgan fingerprint density at radius 3 is 2.48 bits per heavy atom. The number of benzene rings is 2. The van der Waals surface area contributed by atoms with E-state index in [0.717, 1.165) is 10.5 Å². The van der Waals surface area contributed by atoms with Gasteiger partial charge in [-0.05, 0) is 35.9 Å². The molecule has 138 valence electrons. The van der Waals surface area contributed by atoms with Crippen molar-refractivity contribution in [1.29, 1.82) is 0 Å². The van der Waals surface area contributed by atoms with Crippen molar-refractivity contribution in [3.8, 4) is 5.75 Å². The van der Waals surface area contributed by atoms with Crippen LogP contribution in [0.1, 0.15) is 18.4 Å². The third-order valence-electron chi connectivity index (χ3n) is 4.62. The average molecular weight is 405 g/mol.